The van der Waals surface area contributed by atoms with E-state index in [1.165, 1.54) is 71.6 Å². The van der Waals surface area contributed by atoms with Crippen molar-refractivity contribution in [3.63, 3.8) is 0 Å². The number of hydrogen-bond donors (Lipinski definition) is 0. The topological polar surface area (TPSA) is 0 Å². The van der Waals surface area contributed by atoms with Gasteiger partial charge >= 0.3 is 0 Å². The molecule has 0 saturated carbocycles. The van der Waals surface area contributed by atoms with Gasteiger partial charge in [-0.25, -0.2) is 0 Å². The Kier molecular flexibility index (Phi) is 2.98. The van der Waals surface area contributed by atoms with Crippen molar-refractivity contribution in [2.75, 3.05) is 0 Å². The average Bonchev–Trinajstić information content (AvgIpc) is 3.33. The molecular formula is C35H22. The van der Waals surface area contributed by atoms with Crippen LogP contribution in [0.2, 0.25) is 0 Å². The molecular weight excluding hydrogens is 420 g/mol. The first kappa shape index (κ1) is 18.2. The standard InChI is InChI=1S/C35H22/c1-21-19-23-11-8-18-30-33(23)31(20-21)35-27-15-5-3-13-25(27)24-12-2-4-14-26(24)34(30,35)28-16-6-9-22-10-7-17-29(35)32(22)28/h2-20H,1H3. The van der Waals surface area contributed by atoms with Crippen LogP contribution in [0.15, 0.2) is 115 Å². The molecule has 0 spiro atoms. The highest BCUT2D eigenvalue weighted by Gasteiger charge is 2.68. The molecule has 6 aromatic rings. The van der Waals surface area contributed by atoms with Gasteiger partial charge in [-0.15, -0.1) is 0 Å². The quantitative estimate of drug-likeness (QED) is 0.222. The van der Waals surface area contributed by atoms with Crippen LogP contribution in [-0.4, -0.2) is 0 Å². The molecule has 0 nitrogen and oxygen atoms in total. The molecule has 0 aromatic heterocycles. The molecule has 35 heavy (non-hydrogen) atoms. The number of fused-ring (bicyclic) bond motifs is 3. The van der Waals surface area contributed by atoms with Gasteiger partial charge in [0.05, 0.1) is 10.8 Å². The maximum absolute atomic E-state index is 2.49. The van der Waals surface area contributed by atoms with Crippen molar-refractivity contribution in [2.24, 2.45) is 0 Å². The molecule has 0 saturated heterocycles. The summed E-state index contributed by atoms with van der Waals surface area (Å²) >= 11 is 0. The lowest BCUT2D eigenvalue weighted by Gasteiger charge is -2.50. The van der Waals surface area contributed by atoms with Crippen molar-refractivity contribution in [2.45, 2.75) is 17.8 Å². The highest BCUT2D eigenvalue weighted by atomic mass is 14.7. The van der Waals surface area contributed by atoms with Crippen LogP contribution in [0, 0.1) is 6.92 Å². The van der Waals surface area contributed by atoms with E-state index in [0.29, 0.717) is 0 Å². The van der Waals surface area contributed by atoms with Gasteiger partial charge in [0.1, 0.15) is 0 Å². The number of benzene rings is 6. The van der Waals surface area contributed by atoms with Gasteiger partial charge in [0.15, 0.2) is 0 Å². The summed E-state index contributed by atoms with van der Waals surface area (Å²) in [6.07, 6.45) is 0. The molecule has 0 bridgehead atoms. The highest BCUT2D eigenvalue weighted by Crippen LogP contribution is 2.74. The largest absolute Gasteiger partial charge is 0.0648 e. The van der Waals surface area contributed by atoms with E-state index in [2.05, 4.69) is 122 Å². The van der Waals surface area contributed by atoms with E-state index < -0.39 is 0 Å². The molecule has 6 aromatic carbocycles. The Bertz CT molecular complexity index is 1920. The zero-order chi connectivity index (χ0) is 22.9. The first-order valence-corrected chi connectivity index (χ1v) is 12.5. The Morgan fingerprint density at radius 1 is 0.400 bits per heavy atom. The molecule has 0 heterocycles. The van der Waals surface area contributed by atoms with Crippen molar-refractivity contribution in [3.05, 3.63) is 154 Å². The average molecular weight is 443 g/mol. The van der Waals surface area contributed by atoms with Crippen LogP contribution in [0.4, 0.5) is 0 Å². The maximum atomic E-state index is 2.49. The first-order valence-electron chi connectivity index (χ1n) is 12.5. The van der Waals surface area contributed by atoms with E-state index >= 15 is 0 Å². The van der Waals surface area contributed by atoms with E-state index in [4.69, 9.17) is 0 Å². The Morgan fingerprint density at radius 3 is 1.46 bits per heavy atom. The second-order valence-corrected chi connectivity index (χ2v) is 10.5. The van der Waals surface area contributed by atoms with Crippen LogP contribution in [0.3, 0.4) is 0 Å². The summed E-state index contributed by atoms with van der Waals surface area (Å²) < 4.78 is 0. The minimum Gasteiger partial charge on any atom is -0.0619 e. The summed E-state index contributed by atoms with van der Waals surface area (Å²) in [5, 5.41) is 5.57. The second-order valence-electron chi connectivity index (χ2n) is 10.5. The molecule has 3 aliphatic carbocycles. The summed E-state index contributed by atoms with van der Waals surface area (Å²) in [5.41, 5.74) is 12.2. The maximum Gasteiger partial charge on any atom is 0.0648 e. The third kappa shape index (κ3) is 1.69. The molecule has 0 heteroatoms. The first-order chi connectivity index (χ1) is 17.3. The summed E-state index contributed by atoms with van der Waals surface area (Å²) in [7, 11) is 0. The number of hydrogen-bond acceptors (Lipinski definition) is 0. The van der Waals surface area contributed by atoms with E-state index in [9.17, 15) is 0 Å². The van der Waals surface area contributed by atoms with Gasteiger partial charge in [-0.3, -0.25) is 0 Å². The van der Waals surface area contributed by atoms with Gasteiger partial charge in [-0.05, 0) is 73.0 Å². The van der Waals surface area contributed by atoms with Crippen molar-refractivity contribution in [1.29, 1.82) is 0 Å². The van der Waals surface area contributed by atoms with Crippen molar-refractivity contribution < 1.29 is 0 Å². The lowest BCUT2D eigenvalue weighted by molar-refractivity contribution is 0.460. The van der Waals surface area contributed by atoms with Gasteiger partial charge in [-0.1, -0.05) is 121 Å². The molecule has 2 atom stereocenters. The summed E-state index contributed by atoms with van der Waals surface area (Å²) in [6, 6.07) is 44.2. The third-order valence-corrected chi connectivity index (χ3v) is 9.16. The van der Waals surface area contributed by atoms with Gasteiger partial charge in [0, 0.05) is 0 Å². The lowest BCUT2D eigenvalue weighted by atomic mass is 9.50. The Labute approximate surface area is 204 Å². The Balaban J connectivity index is 1.68. The van der Waals surface area contributed by atoms with E-state index in [0.717, 1.165) is 0 Å². The summed E-state index contributed by atoms with van der Waals surface area (Å²) in [6.45, 7) is 2.25. The van der Waals surface area contributed by atoms with E-state index in [1.54, 1.807) is 0 Å². The van der Waals surface area contributed by atoms with Crippen molar-refractivity contribution in [1.82, 2.24) is 0 Å². The van der Waals surface area contributed by atoms with E-state index in [1.807, 2.05) is 0 Å². The van der Waals surface area contributed by atoms with Gasteiger partial charge < -0.3 is 0 Å². The van der Waals surface area contributed by atoms with Crippen molar-refractivity contribution >= 4 is 21.5 Å². The van der Waals surface area contributed by atoms with Gasteiger partial charge in [0.25, 0.3) is 0 Å². The van der Waals surface area contributed by atoms with Crippen LogP contribution in [0.5, 0.6) is 0 Å². The fourth-order valence-corrected chi connectivity index (χ4v) is 8.32. The molecule has 0 radical (unpaired) electrons. The molecule has 162 valence electrons. The minimum atomic E-state index is -0.297. The molecule has 0 N–H and O–H groups in total. The van der Waals surface area contributed by atoms with Crippen LogP contribution in [0.25, 0.3) is 32.7 Å². The van der Waals surface area contributed by atoms with Crippen LogP contribution in [0.1, 0.15) is 38.9 Å². The summed E-state index contributed by atoms with van der Waals surface area (Å²) in [4.78, 5) is 0. The fraction of sp³-hybridized carbons (Fsp3) is 0.0857. The SMILES string of the molecule is Cc1cc2c3c(cccc3c1)C13c4ccccc4-c4ccccc4C21c1cccc2cccc3c12. The fourth-order valence-electron chi connectivity index (χ4n) is 8.32. The lowest BCUT2D eigenvalue weighted by Crippen LogP contribution is -2.48. The third-order valence-electron chi connectivity index (χ3n) is 9.16. The Hall–Kier alpha value is -4.16. The van der Waals surface area contributed by atoms with Crippen LogP contribution < -0.4 is 0 Å². The Morgan fingerprint density at radius 2 is 0.857 bits per heavy atom. The van der Waals surface area contributed by atoms with E-state index in [-0.39, 0.29) is 10.8 Å². The van der Waals surface area contributed by atoms with Crippen LogP contribution >= 0.6 is 0 Å². The minimum absolute atomic E-state index is 0.295. The molecule has 3 aliphatic rings. The zero-order valence-electron chi connectivity index (χ0n) is 19.5. The molecule has 0 amide bonds. The second kappa shape index (κ2) is 5.73. The van der Waals surface area contributed by atoms with Gasteiger partial charge in [-0.2, -0.15) is 0 Å². The van der Waals surface area contributed by atoms with Gasteiger partial charge in [0.2, 0.25) is 0 Å². The molecule has 0 fully saturated rings. The highest BCUT2D eigenvalue weighted by molar-refractivity contribution is 6.09. The van der Waals surface area contributed by atoms with Crippen molar-refractivity contribution in [3.8, 4) is 11.1 Å². The predicted molar refractivity (Wildman–Crippen MR) is 144 cm³/mol. The zero-order valence-corrected chi connectivity index (χ0v) is 19.5. The summed E-state index contributed by atoms with van der Waals surface area (Å²) in [5.74, 6) is 0. The monoisotopic (exact) mass is 442 g/mol. The molecule has 0 aliphatic heterocycles. The predicted octanol–water partition coefficient (Wildman–Crippen LogP) is 8.28. The number of rotatable bonds is 0. The smallest absolute Gasteiger partial charge is 0.0619 e. The normalized spacial score (nSPS) is 22.1. The molecule has 2 unspecified atom stereocenters. The number of aryl methyl sites for hydroxylation is 1. The van der Waals surface area contributed by atoms with Crippen LogP contribution in [-0.2, 0) is 10.8 Å². The molecule has 9 rings (SSSR count).